The quantitative estimate of drug-likeness (QED) is 0.274. The minimum Gasteiger partial charge on any atom is -0.494 e. The van der Waals surface area contributed by atoms with Gasteiger partial charge in [-0.25, -0.2) is 9.59 Å². The molecule has 0 radical (unpaired) electrons. The van der Waals surface area contributed by atoms with Crippen LogP contribution in [0.4, 0.5) is 0 Å². The smallest absolute Gasteiger partial charge is 0.338 e. The zero-order valence-corrected chi connectivity index (χ0v) is 18.2. The van der Waals surface area contributed by atoms with Crippen LogP contribution in [0.1, 0.15) is 68.6 Å². The van der Waals surface area contributed by atoms with Crippen molar-refractivity contribution >= 4 is 11.9 Å². The maximum atomic E-state index is 12.3. The standard InChI is InChI=1S/C24H34O6/c1-18(2)23(25)29-17-7-5-4-6-16-28-21-10-8-19(9-11-21)24(26)30-22-14-12-20(27-3)13-15-22/h8-11,20,22H,1,4-7,12-17H2,2-3H3. The Morgan fingerprint density at radius 1 is 0.933 bits per heavy atom. The fourth-order valence-electron chi connectivity index (χ4n) is 3.33. The number of esters is 2. The van der Waals surface area contributed by atoms with Crippen molar-refractivity contribution in [2.45, 2.75) is 70.5 Å². The summed E-state index contributed by atoms with van der Waals surface area (Å²) in [7, 11) is 1.73. The Balaban J connectivity index is 1.57. The van der Waals surface area contributed by atoms with E-state index in [1.54, 1.807) is 38.3 Å². The molecule has 1 aromatic carbocycles. The van der Waals surface area contributed by atoms with Gasteiger partial charge in [-0.2, -0.15) is 0 Å². The number of benzene rings is 1. The van der Waals surface area contributed by atoms with Crippen LogP contribution in [0.5, 0.6) is 5.75 Å². The first-order valence-corrected chi connectivity index (χ1v) is 10.8. The van der Waals surface area contributed by atoms with Gasteiger partial charge in [-0.1, -0.05) is 6.58 Å². The second kappa shape index (κ2) is 13.1. The van der Waals surface area contributed by atoms with Crippen LogP contribution < -0.4 is 4.74 Å². The van der Waals surface area contributed by atoms with Crippen molar-refractivity contribution in [1.29, 1.82) is 0 Å². The van der Waals surface area contributed by atoms with Crippen molar-refractivity contribution < 1.29 is 28.5 Å². The minimum atomic E-state index is -0.330. The second-order valence-electron chi connectivity index (χ2n) is 7.74. The summed E-state index contributed by atoms with van der Waals surface area (Å²) in [6, 6.07) is 7.09. The maximum Gasteiger partial charge on any atom is 0.338 e. The molecule has 0 unspecified atom stereocenters. The molecule has 6 nitrogen and oxygen atoms in total. The Morgan fingerprint density at radius 2 is 1.53 bits per heavy atom. The third kappa shape index (κ3) is 8.57. The fraction of sp³-hybridized carbons (Fsp3) is 0.583. The molecular formula is C24H34O6. The van der Waals surface area contributed by atoms with Gasteiger partial charge < -0.3 is 18.9 Å². The van der Waals surface area contributed by atoms with Crippen molar-refractivity contribution in [3.8, 4) is 5.75 Å². The molecular weight excluding hydrogens is 384 g/mol. The lowest BCUT2D eigenvalue weighted by Gasteiger charge is -2.27. The molecule has 0 bridgehead atoms. The van der Waals surface area contributed by atoms with E-state index in [0.717, 1.165) is 57.1 Å². The van der Waals surface area contributed by atoms with Gasteiger partial charge in [0.05, 0.1) is 24.9 Å². The molecule has 1 saturated carbocycles. The van der Waals surface area contributed by atoms with Gasteiger partial charge >= 0.3 is 11.9 Å². The van der Waals surface area contributed by atoms with E-state index in [1.807, 2.05) is 0 Å². The van der Waals surface area contributed by atoms with E-state index >= 15 is 0 Å². The van der Waals surface area contributed by atoms with Crippen LogP contribution in [0.15, 0.2) is 36.4 Å². The molecule has 0 N–H and O–H groups in total. The second-order valence-corrected chi connectivity index (χ2v) is 7.74. The molecule has 0 spiro atoms. The molecule has 1 fully saturated rings. The summed E-state index contributed by atoms with van der Waals surface area (Å²) >= 11 is 0. The van der Waals surface area contributed by atoms with E-state index in [-0.39, 0.29) is 24.1 Å². The molecule has 30 heavy (non-hydrogen) atoms. The van der Waals surface area contributed by atoms with Crippen LogP contribution in [0.3, 0.4) is 0 Å². The van der Waals surface area contributed by atoms with Crippen molar-refractivity contribution in [2.75, 3.05) is 20.3 Å². The van der Waals surface area contributed by atoms with E-state index < -0.39 is 0 Å². The topological polar surface area (TPSA) is 71.1 Å². The minimum absolute atomic E-state index is 0.0239. The monoisotopic (exact) mass is 418 g/mol. The zero-order valence-electron chi connectivity index (χ0n) is 18.2. The lowest BCUT2D eigenvalue weighted by Crippen LogP contribution is -2.27. The summed E-state index contributed by atoms with van der Waals surface area (Å²) in [6.45, 7) is 6.23. The Kier molecular flexibility index (Phi) is 10.4. The van der Waals surface area contributed by atoms with Crippen LogP contribution in [0, 0.1) is 0 Å². The molecule has 0 atom stereocenters. The summed E-state index contributed by atoms with van der Waals surface area (Å²) in [5.41, 5.74) is 0.970. The summed E-state index contributed by atoms with van der Waals surface area (Å²) in [5, 5.41) is 0. The predicted octanol–water partition coefficient (Wildman–Crippen LogP) is 4.86. The van der Waals surface area contributed by atoms with Gasteiger partial charge in [-0.3, -0.25) is 0 Å². The number of carbonyl (C=O) groups excluding carboxylic acids is 2. The summed E-state index contributed by atoms with van der Waals surface area (Å²) in [5.74, 6) is 0.126. The lowest BCUT2D eigenvalue weighted by molar-refractivity contribution is -0.139. The highest BCUT2D eigenvalue weighted by molar-refractivity contribution is 5.89. The predicted molar refractivity (Wildman–Crippen MR) is 115 cm³/mol. The van der Waals surface area contributed by atoms with Crippen molar-refractivity contribution in [3.05, 3.63) is 42.0 Å². The van der Waals surface area contributed by atoms with Gasteiger partial charge in [0.25, 0.3) is 0 Å². The molecule has 1 aliphatic carbocycles. The number of hydrogen-bond acceptors (Lipinski definition) is 6. The average molecular weight is 419 g/mol. The normalized spacial score (nSPS) is 18.5. The Morgan fingerprint density at radius 3 is 2.13 bits per heavy atom. The molecule has 1 aliphatic rings. The van der Waals surface area contributed by atoms with Gasteiger partial charge in [-0.05, 0) is 82.6 Å². The number of carbonyl (C=O) groups is 2. The van der Waals surface area contributed by atoms with Crippen LogP contribution >= 0.6 is 0 Å². The van der Waals surface area contributed by atoms with E-state index in [4.69, 9.17) is 18.9 Å². The van der Waals surface area contributed by atoms with Crippen molar-refractivity contribution in [3.63, 3.8) is 0 Å². The lowest BCUT2D eigenvalue weighted by atomic mass is 9.95. The van der Waals surface area contributed by atoms with Crippen LogP contribution in [-0.2, 0) is 19.0 Å². The van der Waals surface area contributed by atoms with E-state index in [9.17, 15) is 9.59 Å². The molecule has 0 saturated heterocycles. The number of methoxy groups -OCH3 is 1. The third-order valence-electron chi connectivity index (χ3n) is 5.21. The molecule has 1 aromatic rings. The van der Waals surface area contributed by atoms with E-state index in [0.29, 0.717) is 24.4 Å². The Hall–Kier alpha value is -2.34. The van der Waals surface area contributed by atoms with E-state index in [1.165, 1.54) is 0 Å². The summed E-state index contributed by atoms with van der Waals surface area (Å²) < 4.78 is 21.7. The van der Waals surface area contributed by atoms with Gasteiger partial charge in [0, 0.05) is 12.7 Å². The Labute approximate surface area is 179 Å². The average Bonchev–Trinajstić information content (AvgIpc) is 2.76. The van der Waals surface area contributed by atoms with Crippen LogP contribution in [0.25, 0.3) is 0 Å². The van der Waals surface area contributed by atoms with Gasteiger partial charge in [0.2, 0.25) is 0 Å². The summed E-state index contributed by atoms with van der Waals surface area (Å²) in [6.07, 6.45) is 7.56. The largest absolute Gasteiger partial charge is 0.494 e. The molecule has 6 heteroatoms. The summed E-state index contributed by atoms with van der Waals surface area (Å²) in [4.78, 5) is 23.6. The molecule has 0 amide bonds. The van der Waals surface area contributed by atoms with Gasteiger partial charge in [0.1, 0.15) is 11.9 Å². The first-order valence-electron chi connectivity index (χ1n) is 10.8. The number of rotatable bonds is 12. The molecule has 2 rings (SSSR count). The number of unbranched alkanes of at least 4 members (excludes halogenated alkanes) is 3. The van der Waals surface area contributed by atoms with Crippen LogP contribution in [0.2, 0.25) is 0 Å². The molecule has 0 aromatic heterocycles. The zero-order chi connectivity index (χ0) is 21.8. The Bertz CT molecular complexity index is 673. The first-order chi connectivity index (χ1) is 14.5. The van der Waals surface area contributed by atoms with Crippen molar-refractivity contribution in [2.24, 2.45) is 0 Å². The highest BCUT2D eigenvalue weighted by atomic mass is 16.5. The van der Waals surface area contributed by atoms with Gasteiger partial charge in [0.15, 0.2) is 0 Å². The SMILES string of the molecule is C=C(C)C(=O)OCCCCCCOc1ccc(C(=O)OC2CCC(OC)CC2)cc1. The number of hydrogen-bond donors (Lipinski definition) is 0. The van der Waals surface area contributed by atoms with Gasteiger partial charge in [-0.15, -0.1) is 0 Å². The maximum absolute atomic E-state index is 12.3. The molecule has 0 heterocycles. The molecule has 0 aliphatic heterocycles. The molecule has 166 valence electrons. The fourth-order valence-corrected chi connectivity index (χ4v) is 3.33. The van der Waals surface area contributed by atoms with E-state index in [2.05, 4.69) is 6.58 Å². The third-order valence-corrected chi connectivity index (χ3v) is 5.21. The first kappa shape index (κ1) is 23.9. The highest BCUT2D eigenvalue weighted by Crippen LogP contribution is 2.24. The number of ether oxygens (including phenoxy) is 4. The van der Waals surface area contributed by atoms with Crippen LogP contribution in [-0.4, -0.2) is 44.5 Å². The highest BCUT2D eigenvalue weighted by Gasteiger charge is 2.24. The van der Waals surface area contributed by atoms with Crippen molar-refractivity contribution in [1.82, 2.24) is 0 Å².